The Morgan fingerprint density at radius 2 is 2.10 bits per heavy atom. The van der Waals surface area contributed by atoms with Crippen LogP contribution in [0.3, 0.4) is 0 Å². The average molecular weight is 390 g/mol. The van der Waals surface area contributed by atoms with Gasteiger partial charge < -0.3 is 14.3 Å². The second-order valence-corrected chi connectivity index (χ2v) is 7.70. The van der Waals surface area contributed by atoms with Gasteiger partial charge in [0.1, 0.15) is 5.69 Å². The van der Waals surface area contributed by atoms with Crippen molar-refractivity contribution in [2.45, 2.75) is 33.2 Å². The molecule has 0 fully saturated rings. The number of furan rings is 1. The predicted octanol–water partition coefficient (Wildman–Crippen LogP) is 4.64. The molecule has 150 valence electrons. The first-order valence-electron chi connectivity index (χ1n) is 10.1. The molecule has 0 bridgehead atoms. The number of nitrogens with one attached hydrogen (secondary N) is 2. The Hall–Kier alpha value is -3.28. The smallest absolute Gasteiger partial charge is 0.271 e. The Morgan fingerprint density at radius 1 is 1.24 bits per heavy atom. The number of hydrogen-bond donors (Lipinski definition) is 2. The zero-order chi connectivity index (χ0) is 20.2. The maximum atomic E-state index is 12.4. The molecular weight excluding hydrogens is 364 g/mol. The third-order valence-electron chi connectivity index (χ3n) is 5.10. The van der Waals surface area contributed by atoms with Crippen LogP contribution in [0.1, 0.15) is 36.3 Å². The van der Waals surface area contributed by atoms with Crippen LogP contribution in [0.4, 0.5) is 0 Å². The highest BCUT2D eigenvalue weighted by molar-refractivity contribution is 5.93. The van der Waals surface area contributed by atoms with Gasteiger partial charge in [-0.25, -0.2) is 0 Å². The largest absolute Gasteiger partial charge is 0.463 e. The summed E-state index contributed by atoms with van der Waals surface area (Å²) >= 11 is 0. The van der Waals surface area contributed by atoms with Gasteiger partial charge in [-0.15, -0.1) is 0 Å². The summed E-state index contributed by atoms with van der Waals surface area (Å²) in [7, 11) is 0. The van der Waals surface area contributed by atoms with Crippen LogP contribution in [0, 0.1) is 5.92 Å². The van der Waals surface area contributed by atoms with Crippen molar-refractivity contribution in [2.75, 3.05) is 6.54 Å². The number of H-pyrrole nitrogens is 1. The first-order chi connectivity index (χ1) is 14.1. The maximum absolute atomic E-state index is 12.4. The topological polar surface area (TPSA) is 75.8 Å². The number of para-hydroxylation sites is 1. The molecule has 4 aromatic rings. The first-order valence-corrected chi connectivity index (χ1v) is 10.1. The molecule has 6 heteroatoms. The summed E-state index contributed by atoms with van der Waals surface area (Å²) in [5.41, 5.74) is 3.55. The minimum absolute atomic E-state index is 0.192. The lowest BCUT2D eigenvalue weighted by atomic mass is 10.1. The number of nitrogens with zero attached hydrogens (tertiary/aromatic N) is 2. The standard InChI is InChI=1S/C23H26N4O2/c1-16(2)10-12-27-15-17(18-6-3-4-7-21(18)27)9-11-24-23(28)20-14-19(25-26-20)22-8-5-13-29-22/h3-8,13-16H,9-12H2,1-2H3,(H,24,28)(H,25,26). The molecule has 0 saturated heterocycles. The lowest BCUT2D eigenvalue weighted by Gasteiger charge is -2.07. The quantitative estimate of drug-likeness (QED) is 0.460. The van der Waals surface area contributed by atoms with Crippen LogP contribution in [-0.2, 0) is 13.0 Å². The minimum atomic E-state index is -0.192. The molecule has 0 unspecified atom stereocenters. The Balaban J connectivity index is 1.40. The van der Waals surface area contributed by atoms with E-state index < -0.39 is 0 Å². The van der Waals surface area contributed by atoms with Crippen molar-refractivity contribution in [2.24, 2.45) is 5.92 Å². The predicted molar refractivity (Wildman–Crippen MR) is 114 cm³/mol. The average Bonchev–Trinajstić information content (AvgIpc) is 3.46. The fourth-order valence-electron chi connectivity index (χ4n) is 3.50. The Labute approximate surface area is 169 Å². The normalized spacial score (nSPS) is 11.4. The van der Waals surface area contributed by atoms with Crippen molar-refractivity contribution in [3.05, 3.63) is 66.2 Å². The highest BCUT2D eigenvalue weighted by Gasteiger charge is 2.13. The summed E-state index contributed by atoms with van der Waals surface area (Å²) in [6.45, 7) is 6.05. The number of aromatic amines is 1. The molecule has 4 rings (SSSR count). The fourth-order valence-corrected chi connectivity index (χ4v) is 3.50. The van der Waals surface area contributed by atoms with Gasteiger partial charge in [0.2, 0.25) is 0 Å². The summed E-state index contributed by atoms with van der Waals surface area (Å²) in [5, 5.41) is 11.2. The van der Waals surface area contributed by atoms with E-state index in [1.807, 2.05) is 6.07 Å². The van der Waals surface area contributed by atoms with Crippen molar-refractivity contribution < 1.29 is 9.21 Å². The van der Waals surface area contributed by atoms with E-state index in [4.69, 9.17) is 4.42 Å². The van der Waals surface area contributed by atoms with Gasteiger partial charge >= 0.3 is 0 Å². The van der Waals surface area contributed by atoms with Crippen LogP contribution in [0.15, 0.2) is 59.3 Å². The van der Waals surface area contributed by atoms with E-state index in [1.54, 1.807) is 18.4 Å². The number of aryl methyl sites for hydroxylation is 1. The number of benzene rings is 1. The third kappa shape index (κ3) is 4.26. The summed E-state index contributed by atoms with van der Waals surface area (Å²) in [6.07, 6.45) is 5.73. The molecule has 3 heterocycles. The van der Waals surface area contributed by atoms with E-state index in [1.165, 1.54) is 16.5 Å². The van der Waals surface area contributed by atoms with E-state index >= 15 is 0 Å². The van der Waals surface area contributed by atoms with Crippen molar-refractivity contribution in [1.82, 2.24) is 20.1 Å². The van der Waals surface area contributed by atoms with Crippen molar-refractivity contribution in [3.63, 3.8) is 0 Å². The Bertz CT molecular complexity index is 1090. The molecule has 3 aromatic heterocycles. The summed E-state index contributed by atoms with van der Waals surface area (Å²) in [5.74, 6) is 1.13. The van der Waals surface area contributed by atoms with Crippen LogP contribution in [0.25, 0.3) is 22.4 Å². The zero-order valence-electron chi connectivity index (χ0n) is 16.8. The number of carbonyl (C=O) groups is 1. The molecule has 0 aliphatic rings. The van der Waals surface area contributed by atoms with Crippen LogP contribution in [0.5, 0.6) is 0 Å². The third-order valence-corrected chi connectivity index (χ3v) is 5.10. The van der Waals surface area contributed by atoms with Gasteiger partial charge in [-0.3, -0.25) is 9.89 Å². The molecule has 0 spiro atoms. The van der Waals surface area contributed by atoms with Crippen LogP contribution in [0.2, 0.25) is 0 Å². The number of aromatic nitrogens is 3. The Kier molecular flexibility index (Phi) is 5.51. The Morgan fingerprint density at radius 3 is 2.90 bits per heavy atom. The molecule has 6 nitrogen and oxygen atoms in total. The van der Waals surface area contributed by atoms with Crippen molar-refractivity contribution in [1.29, 1.82) is 0 Å². The molecule has 1 amide bonds. The lowest BCUT2D eigenvalue weighted by molar-refractivity contribution is 0.0949. The lowest BCUT2D eigenvalue weighted by Crippen LogP contribution is -2.26. The van der Waals surface area contributed by atoms with Crippen molar-refractivity contribution in [3.8, 4) is 11.5 Å². The van der Waals surface area contributed by atoms with Gasteiger partial charge in [-0.2, -0.15) is 5.10 Å². The fraction of sp³-hybridized carbons (Fsp3) is 0.304. The monoisotopic (exact) mass is 390 g/mol. The zero-order valence-corrected chi connectivity index (χ0v) is 16.8. The van der Waals surface area contributed by atoms with Gasteiger partial charge in [0, 0.05) is 36.3 Å². The molecule has 0 aliphatic carbocycles. The van der Waals surface area contributed by atoms with Crippen LogP contribution < -0.4 is 5.32 Å². The highest BCUT2D eigenvalue weighted by Crippen LogP contribution is 2.23. The molecule has 0 saturated carbocycles. The molecule has 1 aromatic carbocycles. The van der Waals surface area contributed by atoms with Crippen molar-refractivity contribution >= 4 is 16.8 Å². The number of fused-ring (bicyclic) bond motifs is 1. The van der Waals surface area contributed by atoms with E-state index in [0.717, 1.165) is 19.4 Å². The number of amides is 1. The van der Waals surface area contributed by atoms with Gasteiger partial charge in [-0.1, -0.05) is 32.0 Å². The van der Waals surface area contributed by atoms with E-state index in [9.17, 15) is 4.79 Å². The molecule has 0 aliphatic heterocycles. The van der Waals surface area contributed by atoms with E-state index in [0.29, 0.717) is 29.6 Å². The summed E-state index contributed by atoms with van der Waals surface area (Å²) < 4.78 is 7.65. The molecule has 0 radical (unpaired) electrons. The van der Waals surface area contributed by atoms with Gasteiger partial charge in [-0.05, 0) is 42.5 Å². The number of carbonyl (C=O) groups excluding carboxylic acids is 1. The molecule has 0 atom stereocenters. The molecule has 29 heavy (non-hydrogen) atoms. The van der Waals surface area contributed by atoms with Crippen LogP contribution in [-0.4, -0.2) is 27.2 Å². The van der Waals surface area contributed by atoms with Gasteiger partial charge in [0.15, 0.2) is 11.5 Å². The van der Waals surface area contributed by atoms with E-state index in [-0.39, 0.29) is 5.91 Å². The second kappa shape index (κ2) is 8.39. The van der Waals surface area contributed by atoms with E-state index in [2.05, 4.69) is 64.4 Å². The molecule has 2 N–H and O–H groups in total. The maximum Gasteiger partial charge on any atom is 0.271 e. The minimum Gasteiger partial charge on any atom is -0.463 e. The molecular formula is C23H26N4O2. The second-order valence-electron chi connectivity index (χ2n) is 7.70. The van der Waals surface area contributed by atoms with Crippen LogP contribution >= 0.6 is 0 Å². The highest BCUT2D eigenvalue weighted by atomic mass is 16.3. The SMILES string of the molecule is CC(C)CCn1cc(CCNC(=O)c2cc(-c3ccco3)[nH]n2)c2ccccc21. The number of hydrogen-bond acceptors (Lipinski definition) is 3. The first kappa shape index (κ1) is 19.1. The van der Waals surface area contributed by atoms with Gasteiger partial charge in [0.05, 0.1) is 6.26 Å². The number of rotatable bonds is 8. The van der Waals surface area contributed by atoms with Gasteiger partial charge in [0.25, 0.3) is 5.91 Å². The summed E-state index contributed by atoms with van der Waals surface area (Å²) in [6, 6.07) is 13.8. The summed E-state index contributed by atoms with van der Waals surface area (Å²) in [4.78, 5) is 12.4.